The van der Waals surface area contributed by atoms with Gasteiger partial charge in [0.15, 0.2) is 5.13 Å². The Hall–Kier alpha value is -4.28. The van der Waals surface area contributed by atoms with Crippen molar-refractivity contribution in [3.8, 4) is 28.5 Å². The second kappa shape index (κ2) is 10.8. The fraction of sp³-hybridized carbons (Fsp3) is 0.143. The molecular formula is C28H23N3O3S. The highest BCUT2D eigenvalue weighted by atomic mass is 32.1. The van der Waals surface area contributed by atoms with Gasteiger partial charge in [0, 0.05) is 18.0 Å². The Kier molecular flexibility index (Phi) is 7.34. The predicted molar refractivity (Wildman–Crippen MR) is 137 cm³/mol. The van der Waals surface area contributed by atoms with Gasteiger partial charge in [-0.25, -0.2) is 4.98 Å². The molecule has 1 heterocycles. The third-order valence-corrected chi connectivity index (χ3v) is 6.65. The van der Waals surface area contributed by atoms with Crippen LogP contribution in [0.3, 0.4) is 0 Å². The van der Waals surface area contributed by atoms with Crippen molar-refractivity contribution in [1.82, 2.24) is 4.98 Å². The van der Waals surface area contributed by atoms with E-state index in [1.807, 2.05) is 72.1 Å². The third kappa shape index (κ3) is 5.62. The molecule has 4 aromatic rings. The number of carbonyl (C=O) groups excluding carboxylic acids is 1. The van der Waals surface area contributed by atoms with Crippen LogP contribution in [-0.4, -0.2) is 29.0 Å². The number of amides is 1. The molecule has 1 aromatic heterocycles. The molecule has 0 spiro atoms. The monoisotopic (exact) mass is 481 g/mol. The number of anilines is 1. The highest BCUT2D eigenvalue weighted by Gasteiger charge is 2.27. The lowest BCUT2D eigenvalue weighted by Crippen LogP contribution is -2.35. The van der Waals surface area contributed by atoms with Crippen molar-refractivity contribution in [2.45, 2.75) is 12.8 Å². The summed E-state index contributed by atoms with van der Waals surface area (Å²) in [6.45, 7) is 0. The molecule has 7 heteroatoms. The average Bonchev–Trinajstić information content (AvgIpc) is 3.38. The number of carbonyl (C=O) groups is 2. The number of thiazole rings is 1. The lowest BCUT2D eigenvalue weighted by atomic mass is 9.95. The molecule has 174 valence electrons. The van der Waals surface area contributed by atoms with E-state index in [1.165, 1.54) is 16.2 Å². The first-order chi connectivity index (χ1) is 17.0. The summed E-state index contributed by atoms with van der Waals surface area (Å²) in [6, 6.07) is 26.7. The number of carboxylic acid groups (broad SMARTS) is 1. The topological polar surface area (TPSA) is 94.3 Å². The summed E-state index contributed by atoms with van der Waals surface area (Å²) in [6.07, 6.45) is 0.0912. The number of hydrogen-bond donors (Lipinski definition) is 1. The molecule has 0 fully saturated rings. The number of rotatable bonds is 8. The fourth-order valence-electron chi connectivity index (χ4n) is 3.95. The Balaban J connectivity index is 1.59. The fourth-order valence-corrected chi connectivity index (χ4v) is 4.74. The molecule has 0 saturated heterocycles. The van der Waals surface area contributed by atoms with E-state index in [4.69, 9.17) is 10.2 Å². The summed E-state index contributed by atoms with van der Waals surface area (Å²) in [7, 11) is 1.64. The van der Waals surface area contributed by atoms with Crippen molar-refractivity contribution in [2.75, 3.05) is 11.9 Å². The molecule has 0 aliphatic heterocycles. The molecule has 6 nitrogen and oxygen atoms in total. The van der Waals surface area contributed by atoms with E-state index in [1.54, 1.807) is 19.2 Å². The van der Waals surface area contributed by atoms with Gasteiger partial charge in [-0.1, -0.05) is 66.7 Å². The minimum Gasteiger partial charge on any atom is -0.481 e. The Morgan fingerprint density at radius 2 is 1.66 bits per heavy atom. The third-order valence-electron chi connectivity index (χ3n) is 5.73. The van der Waals surface area contributed by atoms with E-state index in [2.05, 4.69) is 6.07 Å². The van der Waals surface area contributed by atoms with Gasteiger partial charge in [-0.2, -0.15) is 5.26 Å². The summed E-state index contributed by atoms with van der Waals surface area (Å²) >= 11 is 1.34. The number of nitriles is 1. The molecular weight excluding hydrogens is 458 g/mol. The van der Waals surface area contributed by atoms with Crippen LogP contribution in [0.1, 0.15) is 17.5 Å². The molecule has 4 rings (SSSR count). The zero-order valence-corrected chi connectivity index (χ0v) is 19.9. The van der Waals surface area contributed by atoms with E-state index in [9.17, 15) is 14.7 Å². The minimum absolute atomic E-state index is 0.252. The molecule has 1 N–H and O–H groups in total. The summed E-state index contributed by atoms with van der Waals surface area (Å²) in [5.41, 5.74) is 5.07. The summed E-state index contributed by atoms with van der Waals surface area (Å²) in [5, 5.41) is 20.9. The maximum atomic E-state index is 13.3. The highest BCUT2D eigenvalue weighted by molar-refractivity contribution is 7.14. The van der Waals surface area contributed by atoms with Crippen LogP contribution < -0.4 is 4.90 Å². The van der Waals surface area contributed by atoms with Crippen LogP contribution >= 0.6 is 11.3 Å². The molecule has 0 aliphatic carbocycles. The lowest BCUT2D eigenvalue weighted by Gasteiger charge is -2.21. The second-order valence-electron chi connectivity index (χ2n) is 8.13. The number of benzene rings is 3. The number of aliphatic carboxylic acids is 1. The maximum Gasteiger partial charge on any atom is 0.304 e. The smallest absolute Gasteiger partial charge is 0.304 e. The number of nitrogens with zero attached hydrogens (tertiary/aromatic N) is 3. The van der Waals surface area contributed by atoms with Crippen LogP contribution in [0.5, 0.6) is 0 Å². The van der Waals surface area contributed by atoms with Crippen molar-refractivity contribution in [3.05, 3.63) is 95.4 Å². The predicted octanol–water partition coefficient (Wildman–Crippen LogP) is 5.65. The van der Waals surface area contributed by atoms with E-state index in [-0.39, 0.29) is 12.3 Å². The first kappa shape index (κ1) is 23.9. The zero-order chi connectivity index (χ0) is 24.8. The minimum atomic E-state index is -1.01. The van der Waals surface area contributed by atoms with Crippen LogP contribution in [0.4, 0.5) is 5.13 Å². The highest BCUT2D eigenvalue weighted by Crippen LogP contribution is 2.35. The van der Waals surface area contributed by atoms with Gasteiger partial charge in [0.25, 0.3) is 0 Å². The number of aromatic nitrogens is 1. The molecule has 0 bridgehead atoms. The van der Waals surface area contributed by atoms with Crippen molar-refractivity contribution >= 4 is 28.3 Å². The average molecular weight is 482 g/mol. The summed E-state index contributed by atoms with van der Waals surface area (Å²) in [4.78, 5) is 30.9. The van der Waals surface area contributed by atoms with Crippen LogP contribution in [0.2, 0.25) is 0 Å². The van der Waals surface area contributed by atoms with E-state index < -0.39 is 11.9 Å². The Bertz CT molecular complexity index is 1370. The SMILES string of the molecule is CN(C(=O)C(CC(=O)O)Cc1ccccc1)c1nc(-c2ccccc2-c2ccc(C#N)cc2)cs1. The second-order valence-corrected chi connectivity index (χ2v) is 8.97. The van der Waals surface area contributed by atoms with E-state index in [0.29, 0.717) is 17.1 Å². The van der Waals surface area contributed by atoms with Crippen molar-refractivity contribution in [2.24, 2.45) is 5.92 Å². The maximum absolute atomic E-state index is 13.3. The Labute approximate surface area is 207 Å². The lowest BCUT2D eigenvalue weighted by molar-refractivity contribution is -0.140. The van der Waals surface area contributed by atoms with Gasteiger partial charge in [-0.3, -0.25) is 14.5 Å². The quantitative estimate of drug-likeness (QED) is 0.351. The molecule has 0 saturated carbocycles. The van der Waals surface area contributed by atoms with Crippen LogP contribution in [0, 0.1) is 17.2 Å². The van der Waals surface area contributed by atoms with Crippen molar-refractivity contribution < 1.29 is 14.7 Å². The first-order valence-electron chi connectivity index (χ1n) is 11.0. The van der Waals surface area contributed by atoms with Gasteiger partial charge in [-0.05, 0) is 35.2 Å². The van der Waals surface area contributed by atoms with Gasteiger partial charge in [0.2, 0.25) is 5.91 Å². The Morgan fingerprint density at radius 3 is 2.31 bits per heavy atom. The van der Waals surface area contributed by atoms with Gasteiger partial charge in [0.1, 0.15) is 0 Å². The van der Waals surface area contributed by atoms with Crippen LogP contribution in [0.25, 0.3) is 22.4 Å². The van der Waals surface area contributed by atoms with Crippen molar-refractivity contribution in [3.63, 3.8) is 0 Å². The van der Waals surface area contributed by atoms with Gasteiger partial charge in [0.05, 0.1) is 29.7 Å². The van der Waals surface area contributed by atoms with Crippen LogP contribution in [-0.2, 0) is 16.0 Å². The molecule has 1 atom stereocenters. The first-order valence-corrected chi connectivity index (χ1v) is 11.9. The molecule has 35 heavy (non-hydrogen) atoms. The molecule has 3 aromatic carbocycles. The molecule has 0 radical (unpaired) electrons. The normalized spacial score (nSPS) is 11.4. The van der Waals surface area contributed by atoms with Gasteiger partial charge in [-0.15, -0.1) is 11.3 Å². The largest absolute Gasteiger partial charge is 0.481 e. The summed E-state index contributed by atoms with van der Waals surface area (Å²) in [5.74, 6) is -1.99. The number of carboxylic acids is 1. The van der Waals surface area contributed by atoms with Gasteiger partial charge < -0.3 is 5.11 Å². The van der Waals surface area contributed by atoms with E-state index in [0.717, 1.165) is 27.9 Å². The zero-order valence-electron chi connectivity index (χ0n) is 19.1. The standard InChI is InChI=1S/C28H23N3O3S/c1-31(27(34)22(16-26(32)33)15-19-7-3-2-4-8-19)28-30-25(18-35-28)24-10-6-5-9-23(24)21-13-11-20(17-29)12-14-21/h2-14,18,22H,15-16H2,1H3,(H,32,33). The Morgan fingerprint density at radius 1 is 1.00 bits per heavy atom. The molecule has 1 unspecified atom stereocenters. The number of hydrogen-bond acceptors (Lipinski definition) is 5. The molecule has 0 aliphatic rings. The van der Waals surface area contributed by atoms with Crippen molar-refractivity contribution in [1.29, 1.82) is 5.26 Å². The molecule has 1 amide bonds. The summed E-state index contributed by atoms with van der Waals surface area (Å²) < 4.78 is 0. The van der Waals surface area contributed by atoms with Crippen LogP contribution in [0.15, 0.2) is 84.2 Å². The van der Waals surface area contributed by atoms with Gasteiger partial charge >= 0.3 is 5.97 Å². The van der Waals surface area contributed by atoms with E-state index >= 15 is 0 Å².